The van der Waals surface area contributed by atoms with Crippen LogP contribution < -0.4 is 9.62 Å². The third-order valence-corrected chi connectivity index (χ3v) is 6.44. The summed E-state index contributed by atoms with van der Waals surface area (Å²) in [4.78, 5) is 16.1. The lowest BCUT2D eigenvalue weighted by Crippen LogP contribution is -2.29. The number of fused-ring (bicyclic) bond motifs is 1. The number of imidazole rings is 1. The number of nitrogens with zero attached hydrogens (tertiary/aromatic N) is 3. The minimum absolute atomic E-state index is 0.0691. The van der Waals surface area contributed by atoms with E-state index in [4.69, 9.17) is 0 Å². The largest absolute Gasteiger partial charge is 0.350 e. The van der Waals surface area contributed by atoms with Crippen LogP contribution in [0.2, 0.25) is 0 Å². The number of nitrogens with one attached hydrogen (secondary N) is 1. The molecule has 0 saturated carbocycles. The molecule has 0 unspecified atom stereocenters. The molecule has 29 heavy (non-hydrogen) atoms. The van der Waals surface area contributed by atoms with Crippen LogP contribution in [0.5, 0.6) is 0 Å². The molecule has 4 rings (SSSR count). The molecule has 1 N–H and O–H groups in total. The van der Waals surface area contributed by atoms with Crippen molar-refractivity contribution >= 4 is 21.6 Å². The van der Waals surface area contributed by atoms with Crippen LogP contribution in [0, 0.1) is 5.82 Å². The highest BCUT2D eigenvalue weighted by molar-refractivity contribution is 7.92. The van der Waals surface area contributed by atoms with E-state index in [0.29, 0.717) is 18.7 Å². The molecule has 0 saturated heterocycles. The fraction of sp³-hybridized carbons (Fsp3) is 0.200. The maximum atomic E-state index is 13.0. The number of para-hydroxylation sites is 1. The summed E-state index contributed by atoms with van der Waals surface area (Å²) in [6, 6.07) is 13.2. The summed E-state index contributed by atoms with van der Waals surface area (Å²) in [5.41, 5.74) is 2.41. The average Bonchev–Trinajstić information content (AvgIpc) is 3.35. The van der Waals surface area contributed by atoms with Crippen LogP contribution in [0.25, 0.3) is 0 Å². The molecule has 2 heterocycles. The zero-order valence-corrected chi connectivity index (χ0v) is 16.3. The van der Waals surface area contributed by atoms with E-state index in [0.717, 1.165) is 11.1 Å². The lowest BCUT2D eigenvalue weighted by Gasteiger charge is -2.17. The number of amides is 1. The highest BCUT2D eigenvalue weighted by atomic mass is 32.2. The molecule has 0 radical (unpaired) electrons. The van der Waals surface area contributed by atoms with Crippen LogP contribution in [0.15, 0.2) is 66.1 Å². The molecule has 0 atom stereocenters. The van der Waals surface area contributed by atoms with Crippen molar-refractivity contribution in [1.82, 2.24) is 14.9 Å². The van der Waals surface area contributed by atoms with E-state index in [1.165, 1.54) is 33.5 Å². The summed E-state index contributed by atoms with van der Waals surface area (Å²) in [6.45, 7) is 0.552. The van der Waals surface area contributed by atoms with Gasteiger partial charge in [-0.1, -0.05) is 30.3 Å². The lowest BCUT2D eigenvalue weighted by molar-refractivity contribution is -0.121. The van der Waals surface area contributed by atoms with E-state index in [9.17, 15) is 17.6 Å². The van der Waals surface area contributed by atoms with E-state index in [1.54, 1.807) is 24.3 Å². The second-order valence-corrected chi connectivity index (χ2v) is 8.55. The summed E-state index contributed by atoms with van der Waals surface area (Å²) >= 11 is 0. The summed E-state index contributed by atoms with van der Waals surface area (Å²) < 4.78 is 41.6. The number of carbonyl (C=O) groups is 1. The molecule has 3 aromatic rings. The molecule has 1 amide bonds. The van der Waals surface area contributed by atoms with E-state index >= 15 is 0 Å². The quantitative estimate of drug-likeness (QED) is 0.670. The van der Waals surface area contributed by atoms with Crippen molar-refractivity contribution in [3.8, 4) is 0 Å². The van der Waals surface area contributed by atoms with Crippen LogP contribution in [0.1, 0.15) is 11.1 Å². The van der Waals surface area contributed by atoms with Crippen molar-refractivity contribution in [2.75, 3.05) is 10.8 Å². The number of aromatic nitrogens is 2. The zero-order valence-electron chi connectivity index (χ0n) is 15.5. The first kappa shape index (κ1) is 19.1. The Bertz CT molecular complexity index is 1140. The molecule has 1 aromatic heterocycles. The first-order valence-corrected chi connectivity index (χ1v) is 10.5. The third kappa shape index (κ3) is 4.00. The van der Waals surface area contributed by atoms with Crippen molar-refractivity contribution < 1.29 is 17.6 Å². The number of benzene rings is 2. The van der Waals surface area contributed by atoms with Gasteiger partial charge in [0.15, 0.2) is 5.03 Å². The van der Waals surface area contributed by atoms with Gasteiger partial charge in [-0.15, -0.1) is 0 Å². The van der Waals surface area contributed by atoms with Crippen molar-refractivity contribution in [1.29, 1.82) is 0 Å². The molecule has 1 aliphatic rings. The molecule has 0 bridgehead atoms. The highest BCUT2D eigenvalue weighted by Gasteiger charge is 2.32. The SMILES string of the molecule is O=C(Cn1cnc(S(=O)(=O)N2CCc3ccccc32)c1)NCc1ccc(F)cc1. The van der Waals surface area contributed by atoms with Gasteiger partial charge in [0, 0.05) is 19.3 Å². The van der Waals surface area contributed by atoms with E-state index in [2.05, 4.69) is 10.3 Å². The standard InChI is InChI=1S/C20H19FN4O3S/c21-17-7-5-15(6-8-17)11-22-19(26)12-24-13-20(23-14-24)29(27,28)25-10-9-16-3-1-2-4-18(16)25/h1-8,13-14H,9-12H2,(H,22,26). The second kappa shape index (κ2) is 7.67. The van der Waals surface area contributed by atoms with E-state index in [1.807, 2.05) is 12.1 Å². The van der Waals surface area contributed by atoms with Crippen LogP contribution in [0.4, 0.5) is 10.1 Å². The fourth-order valence-electron chi connectivity index (χ4n) is 3.25. The molecular formula is C20H19FN4O3S. The molecule has 0 fully saturated rings. The maximum Gasteiger partial charge on any atom is 0.283 e. The van der Waals surface area contributed by atoms with Gasteiger partial charge in [-0.25, -0.2) is 9.37 Å². The molecule has 7 nitrogen and oxygen atoms in total. The number of carbonyl (C=O) groups excluding carboxylic acids is 1. The molecular weight excluding hydrogens is 395 g/mol. The number of anilines is 1. The number of sulfonamides is 1. The van der Waals surface area contributed by atoms with Gasteiger partial charge in [-0.2, -0.15) is 8.42 Å². The highest BCUT2D eigenvalue weighted by Crippen LogP contribution is 2.32. The van der Waals surface area contributed by atoms with Crippen LogP contribution in [-0.4, -0.2) is 30.4 Å². The monoisotopic (exact) mass is 414 g/mol. The first-order valence-electron chi connectivity index (χ1n) is 9.07. The van der Waals surface area contributed by atoms with Gasteiger partial charge in [0.05, 0.1) is 12.0 Å². The Morgan fingerprint density at radius 3 is 2.69 bits per heavy atom. The Hall–Kier alpha value is -3.20. The summed E-state index contributed by atoms with van der Waals surface area (Å²) in [6.07, 6.45) is 3.34. The second-order valence-electron chi connectivity index (χ2n) is 6.74. The van der Waals surface area contributed by atoms with Crippen LogP contribution in [-0.2, 0) is 34.3 Å². The van der Waals surface area contributed by atoms with Crippen molar-refractivity contribution in [3.05, 3.63) is 78.0 Å². The average molecular weight is 414 g/mol. The van der Waals surface area contributed by atoms with Crippen molar-refractivity contribution in [2.24, 2.45) is 0 Å². The molecule has 150 valence electrons. The van der Waals surface area contributed by atoms with Gasteiger partial charge in [0.25, 0.3) is 10.0 Å². The Morgan fingerprint density at radius 1 is 1.14 bits per heavy atom. The van der Waals surface area contributed by atoms with Gasteiger partial charge >= 0.3 is 0 Å². The fourth-order valence-corrected chi connectivity index (χ4v) is 4.70. The van der Waals surface area contributed by atoms with Gasteiger partial charge in [-0.3, -0.25) is 9.10 Å². The predicted octanol–water partition coefficient (Wildman–Crippen LogP) is 2.09. The summed E-state index contributed by atoms with van der Waals surface area (Å²) in [7, 11) is -3.79. The van der Waals surface area contributed by atoms with Crippen molar-refractivity contribution in [2.45, 2.75) is 24.5 Å². The minimum Gasteiger partial charge on any atom is -0.350 e. The Balaban J connectivity index is 1.41. The van der Waals surface area contributed by atoms with Crippen molar-refractivity contribution in [3.63, 3.8) is 0 Å². The molecule has 0 aliphatic carbocycles. The van der Waals surface area contributed by atoms with Gasteiger partial charge in [-0.05, 0) is 35.7 Å². The third-order valence-electron chi connectivity index (χ3n) is 4.74. The Kier molecular flexibility index (Phi) is 5.06. The normalized spacial score (nSPS) is 13.3. The molecule has 2 aromatic carbocycles. The number of hydrogen-bond acceptors (Lipinski definition) is 4. The number of rotatable bonds is 6. The molecule has 9 heteroatoms. The number of hydrogen-bond donors (Lipinski definition) is 1. The summed E-state index contributed by atoms with van der Waals surface area (Å²) in [5, 5.41) is 2.62. The minimum atomic E-state index is -3.79. The van der Waals surface area contributed by atoms with Gasteiger partial charge < -0.3 is 9.88 Å². The topological polar surface area (TPSA) is 84.3 Å². The zero-order chi connectivity index (χ0) is 20.4. The smallest absolute Gasteiger partial charge is 0.283 e. The first-order chi connectivity index (χ1) is 13.9. The summed E-state index contributed by atoms with van der Waals surface area (Å²) in [5.74, 6) is -0.643. The molecule has 0 spiro atoms. The lowest BCUT2D eigenvalue weighted by atomic mass is 10.2. The van der Waals surface area contributed by atoms with Crippen LogP contribution >= 0.6 is 0 Å². The predicted molar refractivity (Wildman–Crippen MR) is 105 cm³/mol. The van der Waals surface area contributed by atoms with Gasteiger partial charge in [0.1, 0.15) is 12.4 Å². The Morgan fingerprint density at radius 2 is 1.90 bits per heavy atom. The molecule has 1 aliphatic heterocycles. The van der Waals surface area contributed by atoms with E-state index < -0.39 is 10.0 Å². The maximum absolute atomic E-state index is 13.0. The van der Waals surface area contributed by atoms with E-state index in [-0.39, 0.29) is 29.8 Å². The Labute approximate surface area is 167 Å². The van der Waals surface area contributed by atoms with Gasteiger partial charge in [0.2, 0.25) is 5.91 Å². The number of halogens is 1. The van der Waals surface area contributed by atoms with Crippen LogP contribution in [0.3, 0.4) is 0 Å².